The van der Waals surface area contributed by atoms with Gasteiger partial charge in [0.2, 0.25) is 0 Å². The number of pyridine rings is 1. The maximum Gasteiger partial charge on any atom is 0.270 e. The molecule has 1 saturated heterocycles. The summed E-state index contributed by atoms with van der Waals surface area (Å²) >= 11 is 0. The number of carbonyl (C=O) groups excluding carboxylic acids is 1. The van der Waals surface area contributed by atoms with Gasteiger partial charge in [0.25, 0.3) is 5.91 Å². The summed E-state index contributed by atoms with van der Waals surface area (Å²) < 4.78 is 0. The first kappa shape index (κ1) is 17.1. The molecular formula is C22H27N3O. The van der Waals surface area contributed by atoms with Crippen LogP contribution in [0.4, 0.5) is 5.69 Å². The molecule has 2 aromatic rings. The SMILES string of the molecule is C[C@@H]1C[C@H](C)CN(c2ccnc(C(=O)N[C@@H]3C[C@H]3c3ccccc3)c2)C1. The minimum Gasteiger partial charge on any atom is -0.371 e. The Morgan fingerprint density at radius 1 is 1.08 bits per heavy atom. The first-order valence-electron chi connectivity index (χ1n) is 9.67. The van der Waals surface area contributed by atoms with E-state index in [0.717, 1.165) is 25.2 Å². The third kappa shape index (κ3) is 3.74. The first-order chi connectivity index (χ1) is 12.6. The normalized spacial score (nSPS) is 27.8. The lowest BCUT2D eigenvalue weighted by molar-refractivity contribution is 0.0945. The minimum atomic E-state index is -0.0617. The molecule has 0 bridgehead atoms. The fourth-order valence-electron chi connectivity index (χ4n) is 4.28. The molecule has 1 amide bonds. The maximum atomic E-state index is 12.6. The van der Waals surface area contributed by atoms with Gasteiger partial charge in [-0.05, 0) is 42.4 Å². The average molecular weight is 349 g/mol. The van der Waals surface area contributed by atoms with Crippen molar-refractivity contribution in [3.63, 3.8) is 0 Å². The second kappa shape index (κ2) is 7.10. The Bertz CT molecular complexity index is 766. The Labute approximate surface area is 155 Å². The summed E-state index contributed by atoms with van der Waals surface area (Å²) in [6.45, 7) is 6.70. The van der Waals surface area contributed by atoms with Gasteiger partial charge >= 0.3 is 0 Å². The van der Waals surface area contributed by atoms with E-state index in [1.807, 2.05) is 18.2 Å². The van der Waals surface area contributed by atoms with Gasteiger partial charge in [-0.1, -0.05) is 44.2 Å². The van der Waals surface area contributed by atoms with Crippen molar-refractivity contribution < 1.29 is 4.79 Å². The lowest BCUT2D eigenvalue weighted by Gasteiger charge is -2.36. The second-order valence-electron chi connectivity index (χ2n) is 8.08. The van der Waals surface area contributed by atoms with E-state index in [1.165, 1.54) is 12.0 Å². The molecule has 0 radical (unpaired) electrons. The van der Waals surface area contributed by atoms with Crippen molar-refractivity contribution in [1.29, 1.82) is 0 Å². The van der Waals surface area contributed by atoms with Crippen molar-refractivity contribution in [2.45, 2.75) is 38.6 Å². The number of piperidine rings is 1. The van der Waals surface area contributed by atoms with Gasteiger partial charge in [0, 0.05) is 36.9 Å². The molecule has 4 nitrogen and oxygen atoms in total. The van der Waals surface area contributed by atoms with Crippen LogP contribution in [0.25, 0.3) is 0 Å². The quantitative estimate of drug-likeness (QED) is 0.912. The first-order valence-corrected chi connectivity index (χ1v) is 9.67. The van der Waals surface area contributed by atoms with Gasteiger partial charge in [-0.2, -0.15) is 0 Å². The fourth-order valence-corrected chi connectivity index (χ4v) is 4.28. The van der Waals surface area contributed by atoms with Gasteiger partial charge in [0.15, 0.2) is 0 Å². The van der Waals surface area contributed by atoms with Crippen LogP contribution in [0.1, 0.15) is 48.7 Å². The van der Waals surface area contributed by atoms with E-state index in [9.17, 15) is 4.79 Å². The molecule has 1 N–H and O–H groups in total. The molecule has 136 valence electrons. The van der Waals surface area contributed by atoms with Crippen LogP contribution in [0, 0.1) is 11.8 Å². The molecule has 1 saturated carbocycles. The number of hydrogen-bond acceptors (Lipinski definition) is 3. The standard InChI is InChI=1S/C22H27N3O/c1-15-10-16(2)14-25(13-15)18-8-9-23-21(11-18)22(26)24-20-12-19(20)17-6-4-3-5-7-17/h3-9,11,15-16,19-20H,10,12-14H2,1-2H3,(H,24,26)/t15-,16+,19-,20+/m0/s1. The molecule has 26 heavy (non-hydrogen) atoms. The number of benzene rings is 1. The molecule has 1 aromatic heterocycles. The predicted octanol–water partition coefficient (Wildman–Crippen LogP) is 3.85. The summed E-state index contributed by atoms with van der Waals surface area (Å²) in [7, 11) is 0. The van der Waals surface area contributed by atoms with Crippen LogP contribution in [0.5, 0.6) is 0 Å². The van der Waals surface area contributed by atoms with Gasteiger partial charge < -0.3 is 10.2 Å². The molecule has 4 atom stereocenters. The van der Waals surface area contributed by atoms with Crippen LogP contribution in [0.2, 0.25) is 0 Å². The van der Waals surface area contributed by atoms with E-state index < -0.39 is 0 Å². The number of hydrogen-bond donors (Lipinski definition) is 1. The smallest absolute Gasteiger partial charge is 0.270 e. The zero-order valence-electron chi connectivity index (χ0n) is 15.6. The number of anilines is 1. The number of rotatable bonds is 4. The van der Waals surface area contributed by atoms with Crippen molar-refractivity contribution in [2.75, 3.05) is 18.0 Å². The lowest BCUT2D eigenvalue weighted by Crippen LogP contribution is -2.39. The highest BCUT2D eigenvalue weighted by Gasteiger charge is 2.39. The summed E-state index contributed by atoms with van der Waals surface area (Å²) in [5.74, 6) is 1.74. The summed E-state index contributed by atoms with van der Waals surface area (Å²) in [6, 6.07) is 14.6. The van der Waals surface area contributed by atoms with Crippen LogP contribution in [0.15, 0.2) is 48.7 Å². The van der Waals surface area contributed by atoms with E-state index in [1.54, 1.807) is 6.20 Å². The molecule has 4 heteroatoms. The van der Waals surface area contributed by atoms with Crippen molar-refractivity contribution in [3.8, 4) is 0 Å². The molecule has 0 unspecified atom stereocenters. The van der Waals surface area contributed by atoms with Gasteiger partial charge in [0.05, 0.1) is 0 Å². The molecule has 2 heterocycles. The average Bonchev–Trinajstić information content (AvgIpc) is 3.41. The van der Waals surface area contributed by atoms with E-state index in [4.69, 9.17) is 0 Å². The van der Waals surface area contributed by atoms with Crippen LogP contribution < -0.4 is 10.2 Å². The van der Waals surface area contributed by atoms with Gasteiger partial charge in [-0.25, -0.2) is 0 Å². The van der Waals surface area contributed by atoms with Crippen LogP contribution in [0.3, 0.4) is 0 Å². The highest BCUT2D eigenvalue weighted by molar-refractivity contribution is 5.93. The molecule has 2 fully saturated rings. The van der Waals surface area contributed by atoms with Crippen molar-refractivity contribution >= 4 is 11.6 Å². The summed E-state index contributed by atoms with van der Waals surface area (Å²) in [4.78, 5) is 19.3. The summed E-state index contributed by atoms with van der Waals surface area (Å²) in [5.41, 5.74) is 2.93. The minimum absolute atomic E-state index is 0.0617. The second-order valence-corrected chi connectivity index (χ2v) is 8.08. The molecule has 2 aliphatic rings. The topological polar surface area (TPSA) is 45.2 Å². The highest BCUT2D eigenvalue weighted by atomic mass is 16.2. The van der Waals surface area contributed by atoms with E-state index in [0.29, 0.717) is 23.4 Å². The van der Waals surface area contributed by atoms with Gasteiger partial charge in [-0.3, -0.25) is 9.78 Å². The van der Waals surface area contributed by atoms with E-state index in [2.05, 4.69) is 53.3 Å². The Morgan fingerprint density at radius 3 is 2.54 bits per heavy atom. The van der Waals surface area contributed by atoms with Crippen molar-refractivity contribution in [3.05, 3.63) is 59.9 Å². The van der Waals surface area contributed by atoms with E-state index in [-0.39, 0.29) is 11.9 Å². The Balaban J connectivity index is 1.41. The summed E-state index contributed by atoms with van der Waals surface area (Å²) in [5, 5.41) is 3.15. The number of aromatic nitrogens is 1. The number of nitrogens with zero attached hydrogens (tertiary/aromatic N) is 2. The zero-order chi connectivity index (χ0) is 18.1. The Hall–Kier alpha value is -2.36. The van der Waals surface area contributed by atoms with Gasteiger partial charge in [-0.15, -0.1) is 0 Å². The third-order valence-electron chi connectivity index (χ3n) is 5.54. The summed E-state index contributed by atoms with van der Waals surface area (Å²) in [6.07, 6.45) is 4.05. The fraction of sp³-hybridized carbons (Fsp3) is 0.455. The highest BCUT2D eigenvalue weighted by Crippen LogP contribution is 2.40. The largest absolute Gasteiger partial charge is 0.371 e. The zero-order valence-corrected chi connectivity index (χ0v) is 15.6. The molecule has 4 rings (SSSR count). The van der Waals surface area contributed by atoms with Crippen molar-refractivity contribution in [2.24, 2.45) is 11.8 Å². The maximum absolute atomic E-state index is 12.6. The molecule has 1 aliphatic carbocycles. The molecule has 1 aromatic carbocycles. The molecule has 1 aliphatic heterocycles. The van der Waals surface area contributed by atoms with E-state index >= 15 is 0 Å². The van der Waals surface area contributed by atoms with Crippen molar-refractivity contribution in [1.82, 2.24) is 10.3 Å². The number of amides is 1. The molecule has 0 spiro atoms. The van der Waals surface area contributed by atoms with Crippen LogP contribution >= 0.6 is 0 Å². The Morgan fingerprint density at radius 2 is 1.81 bits per heavy atom. The number of nitrogens with one attached hydrogen (secondary N) is 1. The van der Waals surface area contributed by atoms with Crippen LogP contribution in [-0.4, -0.2) is 30.0 Å². The monoisotopic (exact) mass is 349 g/mol. The van der Waals surface area contributed by atoms with Gasteiger partial charge in [0.1, 0.15) is 5.69 Å². The van der Waals surface area contributed by atoms with Crippen LogP contribution in [-0.2, 0) is 0 Å². The lowest BCUT2D eigenvalue weighted by atomic mass is 9.91. The molecular weight excluding hydrogens is 322 g/mol. The third-order valence-corrected chi connectivity index (χ3v) is 5.54. The Kier molecular flexibility index (Phi) is 4.66. The number of carbonyl (C=O) groups is 1. The predicted molar refractivity (Wildman–Crippen MR) is 104 cm³/mol.